The summed E-state index contributed by atoms with van der Waals surface area (Å²) in [6, 6.07) is 8.17. The summed E-state index contributed by atoms with van der Waals surface area (Å²) in [5.74, 6) is 0.900. The topological polar surface area (TPSA) is 28.3 Å². The molecule has 2 rings (SSSR count). The van der Waals surface area contributed by atoms with Gasteiger partial charge in [-0.3, -0.25) is 0 Å². The van der Waals surface area contributed by atoms with E-state index in [0.717, 1.165) is 12.3 Å². The van der Waals surface area contributed by atoms with Crippen LogP contribution < -0.4 is 4.74 Å². The number of nitrogens with zero attached hydrogens (tertiary/aromatic N) is 2. The second kappa shape index (κ2) is 10.4. The van der Waals surface area contributed by atoms with Gasteiger partial charge in [0.25, 0.3) is 0 Å². The zero-order chi connectivity index (χ0) is 20.7. The van der Waals surface area contributed by atoms with E-state index in [1.807, 2.05) is 30.6 Å². The molecule has 0 saturated carbocycles. The fraction of sp³-hybridized carbons (Fsp3) is 0.350. The fourth-order valence-electron chi connectivity index (χ4n) is 2.30. The summed E-state index contributed by atoms with van der Waals surface area (Å²) in [5.41, 5.74) is 5.20. The van der Waals surface area contributed by atoms with Gasteiger partial charge in [0.2, 0.25) is 0 Å². The molecule has 0 radical (unpaired) electrons. The van der Waals surface area contributed by atoms with Crippen molar-refractivity contribution < 1.29 is 28.2 Å². The standard InChI is InChI=1S/C12H14N2O.C8H18OSi2.Pt/c1-13-7-8-14(10-13)9-11-3-5-12(15-2)6-4-11;1-7-10(3,4)9-11(5,6)8-2;/h3-8H,9H2,1-2H3;7-8H,1-2H2,3-6H3;. The molecule has 0 N–H and O–H groups in total. The summed E-state index contributed by atoms with van der Waals surface area (Å²) >= 11 is 2.33. The Hall–Kier alpha value is -1.21. The van der Waals surface area contributed by atoms with Crippen LogP contribution in [0.5, 0.6) is 5.75 Å². The Morgan fingerprint density at radius 2 is 1.52 bits per heavy atom. The van der Waals surface area contributed by atoms with Crippen molar-refractivity contribution >= 4 is 16.6 Å². The van der Waals surface area contributed by atoms with E-state index < -0.39 is 16.6 Å². The number of rotatable bonds is 7. The third-order valence-electron chi connectivity index (χ3n) is 3.98. The molecule has 0 aliphatic carbocycles. The first-order chi connectivity index (χ1) is 12.5. The Kier molecular flexibility index (Phi) is 9.15. The van der Waals surface area contributed by atoms with Crippen molar-refractivity contribution in [3.05, 3.63) is 70.6 Å². The van der Waals surface area contributed by atoms with E-state index in [0.29, 0.717) is 0 Å². The minimum atomic E-state index is -1.58. The van der Waals surface area contributed by atoms with Crippen LogP contribution in [0, 0.1) is 3.80 Å². The van der Waals surface area contributed by atoms with Gasteiger partial charge in [-0.05, 0) is 26.2 Å². The predicted octanol–water partition coefficient (Wildman–Crippen LogP) is 4.83. The molecule has 152 valence electrons. The Labute approximate surface area is 176 Å². The van der Waals surface area contributed by atoms with Crippen molar-refractivity contribution in [3.8, 4) is 5.75 Å². The number of ether oxygens (including phenoxy) is 1. The molecule has 0 amide bonds. The van der Waals surface area contributed by atoms with Crippen molar-refractivity contribution in [3.63, 3.8) is 0 Å². The maximum atomic E-state index is 5.97. The van der Waals surface area contributed by atoms with E-state index in [-0.39, 0.29) is 0 Å². The Bertz CT molecular complexity index is 790. The molecule has 0 fully saturated rings. The first kappa shape index (κ1) is 23.8. The molecule has 2 aromatic rings. The number of hydrogen-bond donors (Lipinski definition) is 0. The van der Waals surface area contributed by atoms with Crippen LogP contribution in [0.3, 0.4) is 0 Å². The van der Waals surface area contributed by atoms with Crippen LogP contribution in [0.4, 0.5) is 0 Å². The molecule has 7 heteroatoms. The second-order valence-electron chi connectivity index (χ2n) is 7.34. The SMILES string of the molecule is C=C[Si](C)(C)O[Si](C)(C)C=C.COc1ccc(Cn2ccn(C)[c]2=[Pt])cc1. The van der Waals surface area contributed by atoms with Gasteiger partial charge >= 0.3 is 106 Å². The molecule has 0 bridgehead atoms. The molecule has 0 aliphatic heterocycles. The Balaban J connectivity index is 0.000000293. The van der Waals surface area contributed by atoms with Crippen molar-refractivity contribution in [2.24, 2.45) is 7.05 Å². The molecule has 4 nitrogen and oxygen atoms in total. The van der Waals surface area contributed by atoms with Gasteiger partial charge in [0, 0.05) is 0 Å². The van der Waals surface area contributed by atoms with E-state index in [1.165, 1.54) is 9.37 Å². The molecule has 0 unspecified atom stereocenters. The van der Waals surface area contributed by atoms with Crippen LogP contribution in [0.25, 0.3) is 0 Å². The number of imidazole rings is 1. The van der Waals surface area contributed by atoms with Gasteiger partial charge in [0.15, 0.2) is 16.6 Å². The van der Waals surface area contributed by atoms with E-state index in [2.05, 4.69) is 92.4 Å². The summed E-state index contributed by atoms with van der Waals surface area (Å²) in [7, 11) is 0.574. The van der Waals surface area contributed by atoms with Gasteiger partial charge in [-0.15, -0.1) is 13.2 Å². The van der Waals surface area contributed by atoms with Gasteiger partial charge in [0.05, 0.1) is 0 Å². The fourth-order valence-corrected chi connectivity index (χ4v) is 8.91. The summed E-state index contributed by atoms with van der Waals surface area (Å²) in [4.78, 5) is 0. The molecule has 0 aliphatic rings. The van der Waals surface area contributed by atoms with Gasteiger partial charge in [-0.2, -0.15) is 0 Å². The average molecular weight is 584 g/mol. The number of aryl methyl sites for hydroxylation is 1. The number of aromatic nitrogens is 2. The molecule has 0 atom stereocenters. The van der Waals surface area contributed by atoms with E-state index >= 15 is 0 Å². The number of benzene rings is 1. The van der Waals surface area contributed by atoms with Crippen molar-refractivity contribution in [1.29, 1.82) is 0 Å². The monoisotopic (exact) mass is 583 g/mol. The van der Waals surface area contributed by atoms with Gasteiger partial charge in [-0.25, -0.2) is 0 Å². The average Bonchev–Trinajstić information content (AvgIpc) is 2.94. The van der Waals surface area contributed by atoms with Crippen LogP contribution in [-0.4, -0.2) is 32.9 Å². The van der Waals surface area contributed by atoms with Crippen molar-refractivity contribution in [2.45, 2.75) is 32.7 Å². The number of methoxy groups -OCH3 is 1. The summed E-state index contributed by atoms with van der Waals surface area (Å²) < 4.78 is 16.6. The Morgan fingerprint density at radius 3 is 1.89 bits per heavy atom. The van der Waals surface area contributed by atoms with Crippen molar-refractivity contribution in [2.75, 3.05) is 7.11 Å². The first-order valence-electron chi connectivity index (χ1n) is 8.81. The molecular formula is C20H32N2O2PtSi2. The van der Waals surface area contributed by atoms with Crippen LogP contribution >= 0.6 is 0 Å². The second-order valence-corrected chi connectivity index (χ2v) is 16.4. The Morgan fingerprint density at radius 1 is 1.00 bits per heavy atom. The molecule has 1 aromatic heterocycles. The van der Waals surface area contributed by atoms with Gasteiger partial charge in [0.1, 0.15) is 0 Å². The van der Waals surface area contributed by atoms with Gasteiger partial charge < -0.3 is 4.12 Å². The molecule has 0 saturated heterocycles. The molecule has 1 heterocycles. The van der Waals surface area contributed by atoms with Gasteiger partial charge in [-0.1, -0.05) is 11.4 Å². The van der Waals surface area contributed by atoms with E-state index in [9.17, 15) is 0 Å². The van der Waals surface area contributed by atoms with Crippen LogP contribution in [0.2, 0.25) is 26.2 Å². The minimum absolute atomic E-state index is 0.893. The van der Waals surface area contributed by atoms with E-state index in [1.54, 1.807) is 7.11 Å². The van der Waals surface area contributed by atoms with Crippen molar-refractivity contribution in [1.82, 2.24) is 9.13 Å². The predicted molar refractivity (Wildman–Crippen MR) is 115 cm³/mol. The third-order valence-corrected chi connectivity index (χ3v) is 11.6. The first-order valence-corrected chi connectivity index (χ1v) is 15.9. The van der Waals surface area contributed by atoms with Crippen LogP contribution in [-0.2, 0) is 37.1 Å². The third kappa shape index (κ3) is 8.13. The zero-order valence-corrected chi connectivity index (χ0v) is 21.5. The molecule has 1 aromatic carbocycles. The summed E-state index contributed by atoms with van der Waals surface area (Å²) in [5, 5.41) is 0. The normalized spacial score (nSPS) is 11.4. The molecule has 0 spiro atoms. The quantitative estimate of drug-likeness (QED) is 0.437. The number of hydrogen-bond acceptors (Lipinski definition) is 2. The summed E-state index contributed by atoms with van der Waals surface area (Å²) in [6.45, 7) is 17.0. The summed E-state index contributed by atoms with van der Waals surface area (Å²) in [6.07, 6.45) is 4.15. The van der Waals surface area contributed by atoms with E-state index in [4.69, 9.17) is 8.85 Å². The zero-order valence-electron chi connectivity index (χ0n) is 17.3. The molecule has 27 heavy (non-hydrogen) atoms. The van der Waals surface area contributed by atoms with Crippen LogP contribution in [0.15, 0.2) is 61.2 Å². The maximum absolute atomic E-state index is 5.97. The van der Waals surface area contributed by atoms with Crippen LogP contribution in [0.1, 0.15) is 5.56 Å². The molecular weight excluding hydrogens is 551 g/mol.